The van der Waals surface area contributed by atoms with Crippen LogP contribution in [-0.4, -0.2) is 55.4 Å². The first-order chi connectivity index (χ1) is 16.3. The van der Waals surface area contributed by atoms with E-state index >= 15 is 0 Å². The Bertz CT molecular complexity index is 952. The van der Waals surface area contributed by atoms with Crippen molar-refractivity contribution in [2.45, 2.75) is 44.4 Å². The van der Waals surface area contributed by atoms with Crippen LogP contribution in [0, 0.1) is 12.7 Å². The molecule has 0 amide bonds. The Morgan fingerprint density at radius 2 is 1.88 bits per heavy atom. The number of thiol groups is 1. The van der Waals surface area contributed by atoms with Crippen LogP contribution >= 0.6 is 12.6 Å². The third-order valence-electron chi connectivity index (χ3n) is 4.91. The summed E-state index contributed by atoms with van der Waals surface area (Å²) < 4.78 is 12.5. The summed E-state index contributed by atoms with van der Waals surface area (Å²) in [4.78, 5) is 13.7. The molecule has 0 unspecified atom stereocenters. The van der Waals surface area contributed by atoms with Gasteiger partial charge in [-0.25, -0.2) is 4.39 Å². The first-order valence-corrected chi connectivity index (χ1v) is 12.1. The van der Waals surface area contributed by atoms with Crippen molar-refractivity contribution in [1.29, 1.82) is 0 Å². The van der Waals surface area contributed by atoms with Crippen LogP contribution in [0.1, 0.15) is 49.4 Å². The Hall–Kier alpha value is -2.64. The molecule has 3 rings (SSSR count). The van der Waals surface area contributed by atoms with Crippen LogP contribution < -0.4 is 5.73 Å². The molecule has 1 heterocycles. The molecule has 1 saturated carbocycles. The normalized spacial score (nSPS) is 13.2. The van der Waals surface area contributed by atoms with Gasteiger partial charge in [-0.05, 0) is 81.3 Å². The number of pyridine rings is 1. The monoisotopic (exact) mass is 485 g/mol. The van der Waals surface area contributed by atoms with Crippen LogP contribution in [0.3, 0.4) is 0 Å². The van der Waals surface area contributed by atoms with Gasteiger partial charge in [-0.15, -0.1) is 12.6 Å². The average Bonchev–Trinajstić information content (AvgIpc) is 3.65. The molecule has 0 saturated heterocycles. The minimum atomic E-state index is -0.241. The third kappa shape index (κ3) is 11.0. The number of benzene rings is 1. The Balaban J connectivity index is 0.000000437. The standard InChI is InChI=1S/C18H26N4S.C7H8FN.C2H6/c1-19-14-22(13-12-21(2)3)11-5-4-6-17-18(23)16(9-10-20-17)15-7-8-15;1-5-2-3-6(9)4-7(5)8;1-2/h4-6,9-11,14-15,23H,7-8,12-13H2,1-3H3;2-4H,9H2,1H3;1-2H3/b6-4+,11-5+,19-14?;;. The highest BCUT2D eigenvalue weighted by Crippen LogP contribution is 2.43. The number of aryl methyl sites for hydroxylation is 1. The molecule has 186 valence electrons. The fraction of sp³-hybridized carbons (Fsp3) is 0.407. The Morgan fingerprint density at radius 3 is 2.44 bits per heavy atom. The number of likely N-dealkylation sites (N-methyl/N-ethyl adjacent to an activating group) is 1. The highest BCUT2D eigenvalue weighted by atomic mass is 32.1. The first kappa shape index (κ1) is 29.4. The van der Waals surface area contributed by atoms with Crippen molar-refractivity contribution in [3.63, 3.8) is 0 Å². The van der Waals surface area contributed by atoms with E-state index in [1.165, 1.54) is 24.5 Å². The van der Waals surface area contributed by atoms with E-state index in [2.05, 4.69) is 52.6 Å². The Morgan fingerprint density at radius 1 is 1.18 bits per heavy atom. The van der Waals surface area contributed by atoms with Crippen LogP contribution in [0.5, 0.6) is 0 Å². The molecule has 0 bridgehead atoms. The third-order valence-corrected chi connectivity index (χ3v) is 5.40. The van der Waals surface area contributed by atoms with E-state index < -0.39 is 0 Å². The highest BCUT2D eigenvalue weighted by Gasteiger charge is 2.25. The van der Waals surface area contributed by atoms with E-state index in [9.17, 15) is 4.39 Å². The van der Waals surface area contributed by atoms with Gasteiger partial charge in [-0.1, -0.05) is 26.0 Å². The van der Waals surface area contributed by atoms with Gasteiger partial charge in [0.05, 0.1) is 12.0 Å². The molecule has 5 nitrogen and oxygen atoms in total. The van der Waals surface area contributed by atoms with Crippen molar-refractivity contribution >= 4 is 30.7 Å². The lowest BCUT2D eigenvalue weighted by molar-refractivity contribution is 0.373. The molecule has 1 aliphatic rings. The predicted octanol–water partition coefficient (Wildman–Crippen LogP) is 6.04. The number of nitrogen functional groups attached to an aromatic ring is 1. The second kappa shape index (κ2) is 16.1. The van der Waals surface area contributed by atoms with Crippen molar-refractivity contribution in [3.05, 3.63) is 71.5 Å². The number of aromatic nitrogens is 1. The van der Waals surface area contributed by atoms with Crippen LogP contribution in [0.4, 0.5) is 10.1 Å². The van der Waals surface area contributed by atoms with E-state index in [0.717, 1.165) is 23.7 Å². The number of aliphatic imine (C=N–C) groups is 1. The van der Waals surface area contributed by atoms with Gasteiger partial charge in [0.2, 0.25) is 0 Å². The zero-order valence-electron chi connectivity index (χ0n) is 21.4. The van der Waals surface area contributed by atoms with Crippen molar-refractivity contribution in [3.8, 4) is 0 Å². The number of nitrogens with two attached hydrogens (primary N) is 1. The number of halogens is 1. The van der Waals surface area contributed by atoms with Gasteiger partial charge in [-0.3, -0.25) is 9.98 Å². The van der Waals surface area contributed by atoms with Crippen molar-refractivity contribution in [2.24, 2.45) is 4.99 Å². The molecular weight excluding hydrogens is 445 g/mol. The van der Waals surface area contributed by atoms with E-state index in [1.807, 2.05) is 50.8 Å². The molecular formula is C27H40FN5S. The van der Waals surface area contributed by atoms with E-state index in [4.69, 9.17) is 5.73 Å². The molecule has 7 heteroatoms. The van der Waals surface area contributed by atoms with Crippen LogP contribution in [-0.2, 0) is 0 Å². The summed E-state index contributed by atoms with van der Waals surface area (Å²) in [5.41, 5.74) is 8.65. The lowest BCUT2D eigenvalue weighted by atomic mass is 10.1. The smallest absolute Gasteiger partial charge is 0.128 e. The van der Waals surface area contributed by atoms with Gasteiger partial charge < -0.3 is 15.5 Å². The van der Waals surface area contributed by atoms with Crippen LogP contribution in [0.25, 0.3) is 6.08 Å². The summed E-state index contributed by atoms with van der Waals surface area (Å²) in [6.45, 7) is 7.59. The molecule has 2 aromatic rings. The SMILES string of the molecule is CC.CN=CN(/C=C/C=C/c1nccc(C2CC2)c1S)CCN(C)C.Cc1ccc(N)cc1F. The summed E-state index contributed by atoms with van der Waals surface area (Å²) in [6.07, 6.45) is 14.3. The van der Waals surface area contributed by atoms with Crippen molar-refractivity contribution in [1.82, 2.24) is 14.8 Å². The zero-order valence-corrected chi connectivity index (χ0v) is 22.3. The largest absolute Gasteiger partial charge is 0.399 e. The van der Waals surface area contributed by atoms with Gasteiger partial charge in [-0.2, -0.15) is 0 Å². The highest BCUT2D eigenvalue weighted by molar-refractivity contribution is 7.80. The number of anilines is 1. The molecule has 1 aliphatic carbocycles. The summed E-state index contributed by atoms with van der Waals surface area (Å²) >= 11 is 4.65. The van der Waals surface area contributed by atoms with Gasteiger partial charge in [0, 0.05) is 43.1 Å². The van der Waals surface area contributed by atoms with Crippen LogP contribution in [0.2, 0.25) is 0 Å². The zero-order chi connectivity index (χ0) is 25.5. The molecule has 0 spiro atoms. The predicted molar refractivity (Wildman–Crippen MR) is 148 cm³/mol. The van der Waals surface area contributed by atoms with E-state index in [-0.39, 0.29) is 5.82 Å². The molecule has 0 aliphatic heterocycles. The lowest BCUT2D eigenvalue weighted by Gasteiger charge is -2.17. The maximum Gasteiger partial charge on any atom is 0.128 e. The number of rotatable bonds is 8. The van der Waals surface area contributed by atoms with Gasteiger partial charge in [0.25, 0.3) is 0 Å². The van der Waals surface area contributed by atoms with Gasteiger partial charge in [0.15, 0.2) is 0 Å². The minimum Gasteiger partial charge on any atom is -0.399 e. The lowest BCUT2D eigenvalue weighted by Crippen LogP contribution is -2.26. The maximum absolute atomic E-state index is 12.5. The quantitative estimate of drug-likeness (QED) is 0.157. The fourth-order valence-corrected chi connectivity index (χ4v) is 3.27. The molecule has 1 fully saturated rings. The molecule has 0 radical (unpaired) electrons. The van der Waals surface area contributed by atoms with Crippen LogP contribution in [0.15, 0.2) is 58.7 Å². The minimum absolute atomic E-state index is 0.241. The molecule has 0 atom stereocenters. The van der Waals surface area contributed by atoms with E-state index in [0.29, 0.717) is 17.2 Å². The average molecular weight is 486 g/mol. The van der Waals surface area contributed by atoms with Gasteiger partial charge in [0.1, 0.15) is 5.82 Å². The van der Waals surface area contributed by atoms with Crippen molar-refractivity contribution < 1.29 is 4.39 Å². The summed E-state index contributed by atoms with van der Waals surface area (Å²) in [5.74, 6) is 0.450. The second-order valence-corrected chi connectivity index (χ2v) is 8.48. The molecule has 1 aromatic carbocycles. The summed E-state index contributed by atoms with van der Waals surface area (Å²) in [6, 6.07) is 6.74. The van der Waals surface area contributed by atoms with E-state index in [1.54, 1.807) is 26.1 Å². The Kier molecular flexibility index (Phi) is 13.9. The second-order valence-electron chi connectivity index (χ2n) is 8.03. The number of hydrogen-bond acceptors (Lipinski definition) is 5. The summed E-state index contributed by atoms with van der Waals surface area (Å²) in [5, 5.41) is 0. The van der Waals surface area contributed by atoms with Crippen molar-refractivity contribution in [2.75, 3.05) is 40.0 Å². The maximum atomic E-state index is 12.5. The molecule has 2 N–H and O–H groups in total. The van der Waals surface area contributed by atoms with Gasteiger partial charge >= 0.3 is 0 Å². The first-order valence-electron chi connectivity index (χ1n) is 11.7. The fourth-order valence-electron chi connectivity index (χ4n) is 2.88. The molecule has 1 aromatic heterocycles. The Labute approximate surface area is 210 Å². The number of nitrogens with zero attached hydrogens (tertiary/aromatic N) is 4. The topological polar surface area (TPSA) is 57.8 Å². The summed E-state index contributed by atoms with van der Waals surface area (Å²) in [7, 11) is 5.92. The molecule has 34 heavy (non-hydrogen) atoms. The number of hydrogen-bond donors (Lipinski definition) is 2. The number of allylic oxidation sites excluding steroid dienone is 2.